The molecule has 94 valence electrons. The highest BCUT2D eigenvalue weighted by Crippen LogP contribution is 2.29. The van der Waals surface area contributed by atoms with E-state index < -0.39 is 0 Å². The summed E-state index contributed by atoms with van der Waals surface area (Å²) < 4.78 is 0. The van der Waals surface area contributed by atoms with Gasteiger partial charge >= 0.3 is 0 Å². The zero-order valence-electron chi connectivity index (χ0n) is 10.8. The Morgan fingerprint density at radius 2 is 2.22 bits per heavy atom. The van der Waals surface area contributed by atoms with E-state index in [1.807, 2.05) is 25.1 Å². The second-order valence-electron chi connectivity index (χ2n) is 4.89. The summed E-state index contributed by atoms with van der Waals surface area (Å²) in [5, 5.41) is 3.02. The fourth-order valence-electron chi connectivity index (χ4n) is 1.91. The van der Waals surface area contributed by atoms with E-state index in [0.29, 0.717) is 24.1 Å². The first-order valence-electron chi connectivity index (χ1n) is 6.21. The summed E-state index contributed by atoms with van der Waals surface area (Å²) in [6.45, 7) is 4.43. The predicted octanol–water partition coefficient (Wildman–Crippen LogP) is 1.44. The molecule has 2 atom stereocenters. The van der Waals surface area contributed by atoms with E-state index in [4.69, 9.17) is 5.73 Å². The quantitative estimate of drug-likeness (QED) is 0.771. The molecular weight excluding hydrogens is 224 g/mol. The van der Waals surface area contributed by atoms with Gasteiger partial charge in [0.1, 0.15) is 0 Å². The van der Waals surface area contributed by atoms with Gasteiger partial charge in [0.05, 0.1) is 6.54 Å². The molecule has 3 heteroatoms. The van der Waals surface area contributed by atoms with Crippen molar-refractivity contribution in [3.05, 3.63) is 34.9 Å². The zero-order valence-corrected chi connectivity index (χ0v) is 10.8. The Morgan fingerprint density at radius 3 is 2.83 bits per heavy atom. The maximum absolute atomic E-state index is 12.0. The average molecular weight is 242 g/mol. The molecule has 0 aromatic heterocycles. The Hall–Kier alpha value is -1.79. The van der Waals surface area contributed by atoms with Gasteiger partial charge in [-0.15, -0.1) is 0 Å². The molecule has 0 spiro atoms. The first kappa shape index (κ1) is 12.7. The fourth-order valence-corrected chi connectivity index (χ4v) is 1.91. The smallest absolute Gasteiger partial charge is 0.251 e. The Labute approximate surface area is 108 Å². The summed E-state index contributed by atoms with van der Waals surface area (Å²) in [5.41, 5.74) is 7.90. The van der Waals surface area contributed by atoms with Gasteiger partial charge in [-0.05, 0) is 43.0 Å². The molecular formula is C15H18N2O. The third kappa shape index (κ3) is 3.12. The average Bonchev–Trinajstić information content (AvgIpc) is 3.01. The van der Waals surface area contributed by atoms with Crippen molar-refractivity contribution in [1.82, 2.24) is 5.32 Å². The minimum Gasteiger partial charge on any atom is -0.349 e. The van der Waals surface area contributed by atoms with Gasteiger partial charge in [0, 0.05) is 17.2 Å². The molecule has 1 aromatic carbocycles. The van der Waals surface area contributed by atoms with Crippen LogP contribution in [0, 0.1) is 24.7 Å². The van der Waals surface area contributed by atoms with Crippen molar-refractivity contribution in [1.29, 1.82) is 0 Å². The Balaban J connectivity index is 2.16. The van der Waals surface area contributed by atoms with E-state index in [9.17, 15) is 4.79 Å². The lowest BCUT2D eigenvalue weighted by Gasteiger charge is -2.05. The van der Waals surface area contributed by atoms with Crippen LogP contribution in [0.25, 0.3) is 0 Å². The van der Waals surface area contributed by atoms with Crippen LogP contribution in [-0.4, -0.2) is 18.5 Å². The summed E-state index contributed by atoms with van der Waals surface area (Å²) >= 11 is 0. The first-order chi connectivity index (χ1) is 8.60. The normalized spacial score (nSPS) is 20.8. The summed E-state index contributed by atoms with van der Waals surface area (Å²) in [6, 6.07) is 6.00. The van der Waals surface area contributed by atoms with Crippen LogP contribution in [0.5, 0.6) is 0 Å². The highest BCUT2D eigenvalue weighted by molar-refractivity contribution is 5.95. The van der Waals surface area contributed by atoms with Crippen LogP contribution >= 0.6 is 0 Å². The fraction of sp³-hybridized carbons (Fsp3) is 0.400. The van der Waals surface area contributed by atoms with Crippen molar-refractivity contribution in [2.75, 3.05) is 6.54 Å². The van der Waals surface area contributed by atoms with Gasteiger partial charge in [-0.2, -0.15) is 0 Å². The van der Waals surface area contributed by atoms with E-state index in [1.165, 1.54) is 0 Å². The summed E-state index contributed by atoms with van der Waals surface area (Å²) in [6.07, 6.45) is 1.08. The molecule has 1 fully saturated rings. The highest BCUT2D eigenvalue weighted by atomic mass is 16.1. The number of benzene rings is 1. The van der Waals surface area contributed by atoms with Crippen LogP contribution in [-0.2, 0) is 0 Å². The van der Waals surface area contributed by atoms with E-state index >= 15 is 0 Å². The summed E-state index contributed by atoms with van der Waals surface area (Å²) in [5.74, 6) is 6.36. The number of nitrogens with two attached hydrogens (primary N) is 1. The summed E-state index contributed by atoms with van der Waals surface area (Å²) in [4.78, 5) is 12.0. The molecule has 0 bridgehead atoms. The van der Waals surface area contributed by atoms with Crippen LogP contribution in [0.3, 0.4) is 0 Å². The molecule has 18 heavy (non-hydrogen) atoms. The Bertz CT molecular complexity index is 525. The van der Waals surface area contributed by atoms with Crippen LogP contribution in [0.1, 0.15) is 34.8 Å². The van der Waals surface area contributed by atoms with Crippen LogP contribution in [0.4, 0.5) is 0 Å². The van der Waals surface area contributed by atoms with Crippen molar-refractivity contribution in [3.63, 3.8) is 0 Å². The molecule has 0 saturated heterocycles. The largest absolute Gasteiger partial charge is 0.349 e. The molecule has 1 aromatic rings. The Morgan fingerprint density at radius 1 is 1.50 bits per heavy atom. The number of aryl methyl sites for hydroxylation is 1. The first-order valence-corrected chi connectivity index (χ1v) is 6.21. The van der Waals surface area contributed by atoms with Crippen molar-refractivity contribution in [3.8, 4) is 11.8 Å². The van der Waals surface area contributed by atoms with E-state index in [2.05, 4.69) is 24.1 Å². The van der Waals surface area contributed by atoms with E-state index in [0.717, 1.165) is 17.5 Å². The van der Waals surface area contributed by atoms with Gasteiger partial charge in [-0.3, -0.25) is 4.79 Å². The molecule has 0 radical (unpaired) electrons. The third-order valence-electron chi connectivity index (χ3n) is 3.10. The number of nitrogens with one attached hydrogen (secondary N) is 1. The van der Waals surface area contributed by atoms with E-state index in [-0.39, 0.29) is 5.91 Å². The number of hydrogen-bond acceptors (Lipinski definition) is 2. The van der Waals surface area contributed by atoms with Crippen LogP contribution < -0.4 is 11.1 Å². The number of rotatable bonds is 2. The van der Waals surface area contributed by atoms with Crippen molar-refractivity contribution in [2.24, 2.45) is 11.7 Å². The molecule has 3 N–H and O–H groups in total. The van der Waals surface area contributed by atoms with Crippen LogP contribution in [0.15, 0.2) is 18.2 Å². The molecule has 3 nitrogen and oxygen atoms in total. The third-order valence-corrected chi connectivity index (χ3v) is 3.10. The zero-order chi connectivity index (χ0) is 13.1. The lowest BCUT2D eigenvalue weighted by atomic mass is 10.1. The van der Waals surface area contributed by atoms with Gasteiger partial charge in [0.15, 0.2) is 0 Å². The van der Waals surface area contributed by atoms with Crippen molar-refractivity contribution in [2.45, 2.75) is 26.3 Å². The maximum atomic E-state index is 12.0. The maximum Gasteiger partial charge on any atom is 0.251 e. The monoisotopic (exact) mass is 242 g/mol. The topological polar surface area (TPSA) is 55.1 Å². The lowest BCUT2D eigenvalue weighted by Crippen LogP contribution is -2.26. The van der Waals surface area contributed by atoms with Gasteiger partial charge in [0.2, 0.25) is 0 Å². The standard InChI is InChI=1S/C15H18N2O/c1-10-6-12(4-3-5-16)9-13(7-10)15(18)17-14-8-11(14)2/h6-7,9,11,14H,5,8,16H2,1-2H3,(H,17,18). The Kier molecular flexibility index (Phi) is 3.69. The number of carbonyl (C=O) groups excluding carboxylic acids is 1. The lowest BCUT2D eigenvalue weighted by molar-refractivity contribution is 0.0949. The van der Waals surface area contributed by atoms with Gasteiger partial charge < -0.3 is 11.1 Å². The molecule has 0 aliphatic heterocycles. The minimum absolute atomic E-state index is 0.0103. The predicted molar refractivity (Wildman–Crippen MR) is 72.1 cm³/mol. The van der Waals surface area contributed by atoms with Gasteiger partial charge in [-0.25, -0.2) is 0 Å². The molecule has 1 aliphatic carbocycles. The van der Waals surface area contributed by atoms with Crippen molar-refractivity contribution < 1.29 is 4.79 Å². The van der Waals surface area contributed by atoms with Crippen LogP contribution in [0.2, 0.25) is 0 Å². The molecule has 0 heterocycles. The number of hydrogen-bond donors (Lipinski definition) is 2. The minimum atomic E-state index is -0.0103. The molecule has 1 saturated carbocycles. The molecule has 1 aliphatic rings. The highest BCUT2D eigenvalue weighted by Gasteiger charge is 2.33. The SMILES string of the molecule is Cc1cc(C#CCN)cc(C(=O)NC2CC2C)c1. The second kappa shape index (κ2) is 5.24. The van der Waals surface area contributed by atoms with Gasteiger partial charge in [-0.1, -0.05) is 18.8 Å². The number of amides is 1. The molecule has 2 rings (SSSR count). The van der Waals surface area contributed by atoms with E-state index in [1.54, 1.807) is 0 Å². The number of carbonyl (C=O) groups is 1. The summed E-state index contributed by atoms with van der Waals surface area (Å²) in [7, 11) is 0. The van der Waals surface area contributed by atoms with Gasteiger partial charge in [0.25, 0.3) is 5.91 Å². The molecule has 1 amide bonds. The molecule has 2 unspecified atom stereocenters. The van der Waals surface area contributed by atoms with Crippen molar-refractivity contribution >= 4 is 5.91 Å². The second-order valence-corrected chi connectivity index (χ2v) is 4.89.